The van der Waals surface area contributed by atoms with Crippen molar-refractivity contribution in [2.24, 2.45) is 10.8 Å². The van der Waals surface area contributed by atoms with Crippen molar-refractivity contribution in [1.29, 1.82) is 0 Å². The average molecular weight is 633 g/mol. The van der Waals surface area contributed by atoms with Crippen molar-refractivity contribution in [2.75, 3.05) is 13.2 Å². The number of hydrogen-bond donors (Lipinski definition) is 1. The third kappa shape index (κ3) is 15.6. The molecule has 0 aliphatic carbocycles. The topological polar surface area (TPSA) is 160 Å². The van der Waals surface area contributed by atoms with Crippen LogP contribution in [0.3, 0.4) is 0 Å². The van der Waals surface area contributed by atoms with Crippen molar-refractivity contribution >= 4 is 18.4 Å². The van der Waals surface area contributed by atoms with Crippen LogP contribution in [0.25, 0.3) is 0 Å². The van der Waals surface area contributed by atoms with Gasteiger partial charge in [0.1, 0.15) is 18.8 Å². The molecule has 0 aromatic carbocycles. The van der Waals surface area contributed by atoms with E-state index in [1.165, 1.54) is 18.5 Å². The number of aryl methyl sites for hydroxylation is 1. The lowest BCUT2D eigenvalue weighted by atomic mass is 9.94. The first kappa shape index (κ1) is 41.0. The molecule has 2 aromatic heterocycles. The van der Waals surface area contributed by atoms with Crippen molar-refractivity contribution in [2.45, 2.75) is 79.8 Å². The third-order valence-corrected chi connectivity index (χ3v) is 4.88. The van der Waals surface area contributed by atoms with E-state index in [1.807, 2.05) is 0 Å². The van der Waals surface area contributed by atoms with Crippen LogP contribution in [-0.2, 0) is 30.3 Å². The zero-order valence-corrected chi connectivity index (χ0v) is 24.7. The second-order valence-corrected chi connectivity index (χ2v) is 10.7. The van der Waals surface area contributed by atoms with E-state index in [-0.39, 0.29) is 24.1 Å². The Bertz CT molecular complexity index is 1160. The normalized spacial score (nSPS) is 11.6. The number of carbonyl (C=O) groups excluding carboxylic acids is 5. The molecule has 2 heterocycles. The summed E-state index contributed by atoms with van der Waals surface area (Å²) in [6, 6.07) is 1.46. The summed E-state index contributed by atoms with van der Waals surface area (Å²) in [4.78, 5) is 44.4. The second-order valence-electron chi connectivity index (χ2n) is 10.7. The van der Waals surface area contributed by atoms with Crippen LogP contribution in [0.4, 0.5) is 31.1 Å². The van der Waals surface area contributed by atoms with Crippen molar-refractivity contribution in [3.05, 3.63) is 24.0 Å². The summed E-state index contributed by atoms with van der Waals surface area (Å²) in [5.74, 6) is 0.248. The van der Waals surface area contributed by atoms with Crippen LogP contribution in [0.5, 0.6) is 11.8 Å². The van der Waals surface area contributed by atoms with E-state index in [9.17, 15) is 31.1 Å². The van der Waals surface area contributed by atoms with Gasteiger partial charge in [0.2, 0.25) is 11.8 Å². The predicted molar refractivity (Wildman–Crippen MR) is 133 cm³/mol. The smallest absolute Gasteiger partial charge is 0.435 e. The molecule has 0 radical (unpaired) electrons. The Hall–Kier alpha value is -4.17. The summed E-state index contributed by atoms with van der Waals surface area (Å²) in [5, 5.41) is 9.88. The molecule has 18 heteroatoms. The highest BCUT2D eigenvalue weighted by molar-refractivity contribution is 5.70. The van der Waals surface area contributed by atoms with Gasteiger partial charge in [0.15, 0.2) is 0 Å². The highest BCUT2D eigenvalue weighted by Gasteiger charge is 2.49. The molecular formula is C25H34F6N4O8. The third-order valence-electron chi connectivity index (χ3n) is 4.88. The number of alkyl halides is 6. The molecule has 0 unspecified atom stereocenters. The molecule has 0 aliphatic heterocycles. The van der Waals surface area contributed by atoms with Crippen molar-refractivity contribution in [3.63, 3.8) is 0 Å². The van der Waals surface area contributed by atoms with Gasteiger partial charge in [-0.3, -0.25) is 0 Å². The molecule has 1 N–H and O–H groups in total. The van der Waals surface area contributed by atoms with E-state index >= 15 is 0 Å². The molecule has 0 atom stereocenters. The van der Waals surface area contributed by atoms with Gasteiger partial charge in [0, 0.05) is 17.8 Å². The van der Waals surface area contributed by atoms with Gasteiger partial charge in [-0.2, -0.15) is 55.3 Å². The van der Waals surface area contributed by atoms with E-state index < -0.39 is 48.1 Å². The van der Waals surface area contributed by atoms with E-state index in [0.717, 1.165) is 32.4 Å². The van der Waals surface area contributed by atoms with Crippen LogP contribution >= 0.6 is 0 Å². The predicted octanol–water partition coefficient (Wildman–Crippen LogP) is 5.41. The number of H-pyrrole nitrogens is 1. The summed E-state index contributed by atoms with van der Waals surface area (Å²) in [6.45, 7) is 10.2. The van der Waals surface area contributed by atoms with Gasteiger partial charge in [0.05, 0.1) is 17.0 Å². The Morgan fingerprint density at radius 3 is 1.65 bits per heavy atom. The Morgan fingerprint density at radius 2 is 1.30 bits per heavy atom. The number of rotatable bonds is 7. The van der Waals surface area contributed by atoms with Crippen LogP contribution in [0.1, 0.15) is 61.0 Å². The number of carbonyl (C=O) groups is 1. The summed E-state index contributed by atoms with van der Waals surface area (Å²) < 4.78 is 91.9. The standard InChI is InChI=1S/C15H23F3N2O3.C8H11F3N2O.2CO2/c1-7-10-8-20(12(21)23-13(2,3)4)19-11(10)22-9-14(5,6)15(16,17)18;1-7(2,8(9,10)11)5-14-6-3-4-12-13-6;2*2-1-3/h8H,7,9H2,1-6H3;3-4H,5H2,1-2H3,(H,12,13);;. The molecule has 244 valence electrons. The van der Waals surface area contributed by atoms with Crippen LogP contribution in [0, 0.1) is 10.8 Å². The van der Waals surface area contributed by atoms with Crippen molar-refractivity contribution in [1.82, 2.24) is 20.0 Å². The van der Waals surface area contributed by atoms with Gasteiger partial charge < -0.3 is 14.2 Å². The lowest BCUT2D eigenvalue weighted by molar-refractivity contribution is -0.220. The first-order chi connectivity index (χ1) is 19.4. The molecule has 0 spiro atoms. The molecule has 2 aromatic rings. The number of halogens is 6. The number of hydrogen-bond acceptors (Lipinski definition) is 10. The van der Waals surface area contributed by atoms with Gasteiger partial charge in [-0.15, -0.1) is 5.10 Å². The van der Waals surface area contributed by atoms with E-state index in [1.54, 1.807) is 27.7 Å². The van der Waals surface area contributed by atoms with Crippen LogP contribution in [-0.4, -0.2) is 69.5 Å². The fourth-order valence-electron chi connectivity index (χ4n) is 2.15. The maximum Gasteiger partial charge on any atom is 0.435 e. The second kappa shape index (κ2) is 17.1. The zero-order chi connectivity index (χ0) is 34.3. The molecule has 0 fully saturated rings. The lowest BCUT2D eigenvalue weighted by Crippen LogP contribution is -2.37. The van der Waals surface area contributed by atoms with Crippen molar-refractivity contribution < 1.29 is 64.5 Å². The molecule has 12 nitrogen and oxygen atoms in total. The van der Waals surface area contributed by atoms with Gasteiger partial charge in [-0.05, 0) is 54.9 Å². The Kier molecular flexibility index (Phi) is 16.3. The maximum absolute atomic E-state index is 12.9. The Balaban J connectivity index is 0. The molecule has 43 heavy (non-hydrogen) atoms. The maximum atomic E-state index is 12.9. The molecule has 2 rings (SSSR count). The molecule has 0 saturated heterocycles. The number of aromatic amines is 1. The zero-order valence-electron chi connectivity index (χ0n) is 24.7. The van der Waals surface area contributed by atoms with Gasteiger partial charge in [0.25, 0.3) is 0 Å². The van der Waals surface area contributed by atoms with Crippen LogP contribution < -0.4 is 9.47 Å². The molecular weight excluding hydrogens is 598 g/mol. The molecule has 0 bridgehead atoms. The quantitative estimate of drug-likeness (QED) is 0.391. The highest BCUT2D eigenvalue weighted by Crippen LogP contribution is 2.38. The highest BCUT2D eigenvalue weighted by atomic mass is 19.4. The summed E-state index contributed by atoms with van der Waals surface area (Å²) >= 11 is 0. The monoisotopic (exact) mass is 632 g/mol. The summed E-state index contributed by atoms with van der Waals surface area (Å²) in [6.07, 6.45) is -5.60. The first-order valence-electron chi connectivity index (χ1n) is 12.1. The number of aromatic nitrogens is 4. The van der Waals surface area contributed by atoms with E-state index in [4.69, 9.17) is 33.4 Å². The molecule has 0 amide bonds. The largest absolute Gasteiger partial charge is 0.477 e. The fourth-order valence-corrected chi connectivity index (χ4v) is 2.15. The molecule has 0 saturated carbocycles. The lowest BCUT2D eigenvalue weighted by Gasteiger charge is -2.27. The van der Waals surface area contributed by atoms with E-state index in [0.29, 0.717) is 12.0 Å². The molecule has 0 aliphatic rings. The number of ether oxygens (including phenoxy) is 3. The number of nitrogens with zero attached hydrogens (tertiary/aromatic N) is 3. The number of nitrogens with one attached hydrogen (secondary N) is 1. The van der Waals surface area contributed by atoms with Crippen LogP contribution in [0.15, 0.2) is 18.5 Å². The fraction of sp³-hybridized carbons (Fsp3) is 0.640. The Morgan fingerprint density at radius 1 is 0.860 bits per heavy atom. The van der Waals surface area contributed by atoms with Gasteiger partial charge in [-0.1, -0.05) is 6.92 Å². The minimum atomic E-state index is -4.40. The first-order valence-corrected chi connectivity index (χ1v) is 12.1. The van der Waals surface area contributed by atoms with Crippen molar-refractivity contribution in [3.8, 4) is 11.8 Å². The van der Waals surface area contributed by atoms with Gasteiger partial charge in [-0.25, -0.2) is 9.89 Å². The minimum Gasteiger partial charge on any atom is -0.477 e. The van der Waals surface area contributed by atoms with Crippen LogP contribution in [0.2, 0.25) is 0 Å². The average Bonchev–Trinajstić information content (AvgIpc) is 3.50. The summed E-state index contributed by atoms with van der Waals surface area (Å²) in [5.41, 5.74) is -4.05. The minimum absolute atomic E-state index is 0.00989. The summed E-state index contributed by atoms with van der Waals surface area (Å²) in [7, 11) is 0. The Labute approximate surface area is 243 Å². The van der Waals surface area contributed by atoms with Gasteiger partial charge >= 0.3 is 30.7 Å². The van der Waals surface area contributed by atoms with E-state index in [2.05, 4.69) is 15.3 Å². The SMILES string of the molecule is CC(C)(COc1ccn[nH]1)C(F)(F)F.CCc1cn(C(=O)OC(C)(C)C)nc1OCC(C)(C)C(F)(F)F.O=C=O.O=C=O.